The van der Waals surface area contributed by atoms with E-state index in [1.165, 1.54) is 12.1 Å². The number of nitrogens with one attached hydrogen (secondary N) is 1. The fourth-order valence-corrected chi connectivity index (χ4v) is 2.12. The fraction of sp³-hybridized carbons (Fsp3) is 0.0667. The number of carbonyl (C=O) groups excluding carboxylic acids is 1. The lowest BCUT2D eigenvalue weighted by Crippen LogP contribution is -2.12. The molecular formula is C15H13BrN2O3. The first-order valence-electron chi connectivity index (χ1n) is 6.10. The Kier molecular flexibility index (Phi) is 4.59. The van der Waals surface area contributed by atoms with E-state index in [9.17, 15) is 9.90 Å². The third-order valence-corrected chi connectivity index (χ3v) is 3.39. The zero-order valence-electron chi connectivity index (χ0n) is 11.2. The Bertz CT molecular complexity index is 714. The molecule has 5 nitrogen and oxygen atoms in total. The number of phenols is 1. The van der Waals surface area contributed by atoms with Crippen LogP contribution < -0.4 is 5.32 Å². The van der Waals surface area contributed by atoms with Crippen LogP contribution in [0.4, 0.5) is 5.69 Å². The molecule has 21 heavy (non-hydrogen) atoms. The van der Waals surface area contributed by atoms with Crippen LogP contribution in [-0.4, -0.2) is 21.9 Å². The summed E-state index contributed by atoms with van der Waals surface area (Å²) >= 11 is 3.22. The first kappa shape index (κ1) is 15.1. The van der Waals surface area contributed by atoms with E-state index in [0.29, 0.717) is 21.4 Å². The maximum atomic E-state index is 12.1. The second-order valence-electron chi connectivity index (χ2n) is 4.38. The van der Waals surface area contributed by atoms with Gasteiger partial charge in [0, 0.05) is 15.7 Å². The minimum Gasteiger partial charge on any atom is -0.507 e. The number of halogens is 1. The number of carbonyl (C=O) groups is 1. The molecule has 1 amide bonds. The summed E-state index contributed by atoms with van der Waals surface area (Å²) in [4.78, 5) is 12.1. The number of hydrogen-bond acceptors (Lipinski definition) is 4. The number of benzene rings is 2. The summed E-state index contributed by atoms with van der Waals surface area (Å²) in [7, 11) is 0. The Morgan fingerprint density at radius 1 is 1.24 bits per heavy atom. The van der Waals surface area contributed by atoms with Gasteiger partial charge >= 0.3 is 0 Å². The molecule has 3 N–H and O–H groups in total. The summed E-state index contributed by atoms with van der Waals surface area (Å²) in [5, 5.41) is 24.3. The number of phenolic OH excluding ortho intramolecular Hbond substituents is 1. The van der Waals surface area contributed by atoms with Crippen molar-refractivity contribution >= 4 is 33.2 Å². The van der Waals surface area contributed by atoms with Crippen molar-refractivity contribution in [3.8, 4) is 5.75 Å². The van der Waals surface area contributed by atoms with E-state index in [-0.39, 0.29) is 11.3 Å². The summed E-state index contributed by atoms with van der Waals surface area (Å²) in [6.45, 7) is 1.65. The van der Waals surface area contributed by atoms with Gasteiger partial charge < -0.3 is 15.6 Å². The molecule has 0 bridgehead atoms. The number of hydrogen-bond donors (Lipinski definition) is 3. The van der Waals surface area contributed by atoms with Crippen LogP contribution in [0.25, 0.3) is 0 Å². The molecule has 0 aromatic heterocycles. The molecule has 0 fully saturated rings. The van der Waals surface area contributed by atoms with Crippen molar-refractivity contribution in [2.45, 2.75) is 6.92 Å². The van der Waals surface area contributed by atoms with Gasteiger partial charge in [0.15, 0.2) is 0 Å². The highest BCUT2D eigenvalue weighted by Crippen LogP contribution is 2.23. The van der Waals surface area contributed by atoms with E-state index in [4.69, 9.17) is 5.21 Å². The van der Waals surface area contributed by atoms with Crippen molar-refractivity contribution in [3.63, 3.8) is 0 Å². The van der Waals surface area contributed by atoms with Crippen LogP contribution in [0.1, 0.15) is 22.8 Å². The molecule has 0 heterocycles. The summed E-state index contributed by atoms with van der Waals surface area (Å²) < 4.78 is 0.688. The van der Waals surface area contributed by atoms with Crippen LogP contribution in [-0.2, 0) is 0 Å². The zero-order chi connectivity index (χ0) is 15.4. The Morgan fingerprint density at radius 3 is 2.67 bits per heavy atom. The quantitative estimate of drug-likeness (QED) is 0.450. The molecule has 2 aromatic carbocycles. The highest BCUT2D eigenvalue weighted by molar-refractivity contribution is 9.10. The molecule has 2 rings (SSSR count). The minimum absolute atomic E-state index is 0.105. The molecule has 2 aromatic rings. The Morgan fingerprint density at radius 2 is 2.00 bits per heavy atom. The number of rotatable bonds is 3. The average Bonchev–Trinajstić information content (AvgIpc) is 2.46. The summed E-state index contributed by atoms with van der Waals surface area (Å²) in [5.41, 5.74) is 1.85. The molecule has 0 aliphatic carbocycles. The Balaban J connectivity index is 2.23. The van der Waals surface area contributed by atoms with Gasteiger partial charge in [0.25, 0.3) is 5.91 Å². The summed E-state index contributed by atoms with van der Waals surface area (Å²) in [6, 6.07) is 11.5. The molecule has 0 unspecified atom stereocenters. The molecule has 108 valence electrons. The largest absolute Gasteiger partial charge is 0.507 e. The lowest BCUT2D eigenvalue weighted by molar-refractivity contribution is 0.102. The van der Waals surface area contributed by atoms with Gasteiger partial charge in [0.1, 0.15) is 5.75 Å². The van der Waals surface area contributed by atoms with Crippen molar-refractivity contribution < 1.29 is 15.1 Å². The van der Waals surface area contributed by atoms with E-state index in [2.05, 4.69) is 26.4 Å². The minimum atomic E-state index is -0.421. The first-order valence-corrected chi connectivity index (χ1v) is 6.89. The van der Waals surface area contributed by atoms with Crippen LogP contribution in [0.15, 0.2) is 52.1 Å². The monoisotopic (exact) mass is 348 g/mol. The van der Waals surface area contributed by atoms with Crippen LogP contribution in [0.2, 0.25) is 0 Å². The normalized spacial score (nSPS) is 11.2. The number of oxime groups is 1. The summed E-state index contributed by atoms with van der Waals surface area (Å²) in [6.07, 6.45) is 0. The van der Waals surface area contributed by atoms with E-state index in [1.807, 2.05) is 0 Å². The number of amides is 1. The van der Waals surface area contributed by atoms with Crippen molar-refractivity contribution in [1.29, 1.82) is 0 Å². The fourth-order valence-electron chi connectivity index (χ4n) is 1.77. The van der Waals surface area contributed by atoms with Gasteiger partial charge in [0.05, 0.1) is 11.3 Å². The standard InChI is InChI=1S/C15H13BrN2O3/c1-9(18-21)10-3-2-4-12(7-10)17-15(20)13-6-5-11(16)8-14(13)19/h2-8,19,21H,1H3,(H,17,20). The van der Waals surface area contributed by atoms with Crippen molar-refractivity contribution in [2.75, 3.05) is 5.32 Å². The maximum Gasteiger partial charge on any atom is 0.259 e. The molecule has 0 aliphatic rings. The molecule has 0 saturated carbocycles. The molecular weight excluding hydrogens is 336 g/mol. The topological polar surface area (TPSA) is 81.9 Å². The highest BCUT2D eigenvalue weighted by atomic mass is 79.9. The van der Waals surface area contributed by atoms with Gasteiger partial charge in [-0.2, -0.15) is 0 Å². The molecule has 0 aliphatic heterocycles. The third-order valence-electron chi connectivity index (χ3n) is 2.89. The second-order valence-corrected chi connectivity index (χ2v) is 5.30. The van der Waals surface area contributed by atoms with Crippen LogP contribution in [0.3, 0.4) is 0 Å². The smallest absolute Gasteiger partial charge is 0.259 e. The van der Waals surface area contributed by atoms with E-state index >= 15 is 0 Å². The lowest BCUT2D eigenvalue weighted by Gasteiger charge is -2.08. The van der Waals surface area contributed by atoms with Gasteiger partial charge in [-0.05, 0) is 37.3 Å². The molecule has 0 saturated heterocycles. The SMILES string of the molecule is CC(=NO)c1cccc(NC(=O)c2ccc(Br)cc2O)c1. The average molecular weight is 349 g/mol. The lowest BCUT2D eigenvalue weighted by atomic mass is 10.1. The predicted octanol–water partition coefficient (Wildman–Crippen LogP) is 3.61. The van der Waals surface area contributed by atoms with Crippen molar-refractivity contribution in [1.82, 2.24) is 0 Å². The van der Waals surface area contributed by atoms with Gasteiger partial charge in [-0.25, -0.2) is 0 Å². The van der Waals surface area contributed by atoms with Crippen LogP contribution >= 0.6 is 15.9 Å². The molecule has 0 spiro atoms. The highest BCUT2D eigenvalue weighted by Gasteiger charge is 2.12. The van der Waals surface area contributed by atoms with Crippen LogP contribution in [0.5, 0.6) is 5.75 Å². The molecule has 0 radical (unpaired) electrons. The number of anilines is 1. The van der Waals surface area contributed by atoms with Crippen LogP contribution in [0, 0.1) is 0 Å². The zero-order valence-corrected chi connectivity index (χ0v) is 12.8. The third kappa shape index (κ3) is 3.61. The molecule has 6 heteroatoms. The van der Waals surface area contributed by atoms with E-state index in [0.717, 1.165) is 0 Å². The number of nitrogens with zero attached hydrogens (tertiary/aromatic N) is 1. The molecule has 0 atom stereocenters. The van der Waals surface area contributed by atoms with Crippen molar-refractivity contribution in [2.24, 2.45) is 5.16 Å². The van der Waals surface area contributed by atoms with Gasteiger partial charge in [-0.3, -0.25) is 4.79 Å². The summed E-state index contributed by atoms with van der Waals surface area (Å²) in [5.74, 6) is -0.526. The van der Waals surface area contributed by atoms with Gasteiger partial charge in [-0.1, -0.05) is 33.2 Å². The maximum absolute atomic E-state index is 12.1. The second kappa shape index (κ2) is 6.41. The van der Waals surface area contributed by atoms with E-state index < -0.39 is 5.91 Å². The van der Waals surface area contributed by atoms with Gasteiger partial charge in [0.2, 0.25) is 0 Å². The van der Waals surface area contributed by atoms with Crippen molar-refractivity contribution in [3.05, 3.63) is 58.1 Å². The Hall–Kier alpha value is -2.34. The Labute approximate surface area is 130 Å². The van der Waals surface area contributed by atoms with Gasteiger partial charge in [-0.15, -0.1) is 0 Å². The predicted molar refractivity (Wildman–Crippen MR) is 84.2 cm³/mol. The first-order chi connectivity index (χ1) is 10.0. The van der Waals surface area contributed by atoms with E-state index in [1.54, 1.807) is 37.3 Å². The number of aromatic hydroxyl groups is 1.